The summed E-state index contributed by atoms with van der Waals surface area (Å²) in [7, 11) is 0. The standard InChI is InChI=1S/C12H20N4O3/c1-8(2)6-14-12(18)9(3)19-11(17)7-16-5-4-10(13)15-16/h4-5,8-9H,6-7H2,1-3H3,(H2,13,15)(H,14,18). The molecule has 0 fully saturated rings. The van der Waals surface area contributed by atoms with E-state index in [-0.39, 0.29) is 12.5 Å². The lowest BCUT2D eigenvalue weighted by atomic mass is 10.2. The van der Waals surface area contributed by atoms with Gasteiger partial charge in [-0.15, -0.1) is 0 Å². The van der Waals surface area contributed by atoms with Gasteiger partial charge in [-0.25, -0.2) is 0 Å². The number of amides is 1. The number of nitrogens with two attached hydrogens (primary N) is 1. The fraction of sp³-hybridized carbons (Fsp3) is 0.583. The lowest BCUT2D eigenvalue weighted by molar-refractivity contribution is -0.155. The highest BCUT2D eigenvalue weighted by Gasteiger charge is 2.18. The molecule has 0 radical (unpaired) electrons. The van der Waals surface area contributed by atoms with E-state index >= 15 is 0 Å². The number of hydrogen-bond donors (Lipinski definition) is 2. The van der Waals surface area contributed by atoms with Gasteiger partial charge in [0.25, 0.3) is 5.91 Å². The summed E-state index contributed by atoms with van der Waals surface area (Å²) < 4.78 is 6.36. The Bertz CT molecular complexity index is 442. The Morgan fingerprint density at radius 3 is 2.68 bits per heavy atom. The first kappa shape index (κ1) is 15.0. The SMILES string of the molecule is CC(C)CNC(=O)C(C)OC(=O)Cn1ccc(N)n1. The first-order chi connectivity index (χ1) is 8.88. The highest BCUT2D eigenvalue weighted by molar-refractivity contribution is 5.83. The molecule has 7 heteroatoms. The minimum atomic E-state index is -0.820. The molecule has 7 nitrogen and oxygen atoms in total. The van der Waals surface area contributed by atoms with Crippen LogP contribution in [0.15, 0.2) is 12.3 Å². The maximum atomic E-state index is 11.6. The van der Waals surface area contributed by atoms with Crippen LogP contribution in [0.2, 0.25) is 0 Å². The molecule has 0 aliphatic heterocycles. The summed E-state index contributed by atoms with van der Waals surface area (Å²) in [6.45, 7) is 5.98. The third-order valence-electron chi connectivity index (χ3n) is 2.31. The average molecular weight is 268 g/mol. The van der Waals surface area contributed by atoms with E-state index in [2.05, 4.69) is 10.4 Å². The Balaban J connectivity index is 2.37. The van der Waals surface area contributed by atoms with Gasteiger partial charge in [0.2, 0.25) is 0 Å². The Kier molecular flexibility index (Phi) is 5.35. The van der Waals surface area contributed by atoms with Crippen molar-refractivity contribution in [2.24, 2.45) is 5.92 Å². The molecule has 1 heterocycles. The van der Waals surface area contributed by atoms with Crippen molar-refractivity contribution < 1.29 is 14.3 Å². The highest BCUT2D eigenvalue weighted by atomic mass is 16.5. The molecule has 1 aromatic rings. The van der Waals surface area contributed by atoms with Gasteiger partial charge in [0.05, 0.1) is 0 Å². The molecule has 19 heavy (non-hydrogen) atoms. The number of ether oxygens (including phenoxy) is 1. The van der Waals surface area contributed by atoms with Crippen molar-refractivity contribution in [1.82, 2.24) is 15.1 Å². The molecule has 3 N–H and O–H groups in total. The number of aromatic nitrogens is 2. The molecular weight excluding hydrogens is 248 g/mol. The summed E-state index contributed by atoms with van der Waals surface area (Å²) in [4.78, 5) is 23.2. The number of carbonyl (C=O) groups is 2. The van der Waals surface area contributed by atoms with Crippen LogP contribution < -0.4 is 11.1 Å². The van der Waals surface area contributed by atoms with E-state index in [9.17, 15) is 9.59 Å². The Morgan fingerprint density at radius 1 is 1.47 bits per heavy atom. The van der Waals surface area contributed by atoms with Crippen molar-refractivity contribution in [3.8, 4) is 0 Å². The van der Waals surface area contributed by atoms with Gasteiger partial charge in [-0.2, -0.15) is 5.10 Å². The average Bonchev–Trinajstić information content (AvgIpc) is 2.71. The van der Waals surface area contributed by atoms with Crippen molar-refractivity contribution in [3.05, 3.63) is 12.3 Å². The molecule has 0 saturated carbocycles. The van der Waals surface area contributed by atoms with Crippen LogP contribution in [0.25, 0.3) is 0 Å². The van der Waals surface area contributed by atoms with Gasteiger partial charge in [-0.3, -0.25) is 14.3 Å². The van der Waals surface area contributed by atoms with Crippen molar-refractivity contribution in [3.63, 3.8) is 0 Å². The van der Waals surface area contributed by atoms with E-state index in [1.165, 1.54) is 11.6 Å². The van der Waals surface area contributed by atoms with Crippen molar-refractivity contribution in [1.29, 1.82) is 0 Å². The number of nitrogens with zero attached hydrogens (tertiary/aromatic N) is 2. The first-order valence-corrected chi connectivity index (χ1v) is 6.14. The zero-order valence-electron chi connectivity index (χ0n) is 11.4. The van der Waals surface area contributed by atoms with E-state index in [0.29, 0.717) is 18.3 Å². The van der Waals surface area contributed by atoms with Crippen molar-refractivity contribution >= 4 is 17.7 Å². The minimum absolute atomic E-state index is 0.0704. The minimum Gasteiger partial charge on any atom is -0.451 e. The molecule has 0 saturated heterocycles. The third-order valence-corrected chi connectivity index (χ3v) is 2.31. The summed E-state index contributed by atoms with van der Waals surface area (Å²) in [6.07, 6.45) is 0.749. The van der Waals surface area contributed by atoms with Gasteiger partial charge >= 0.3 is 5.97 Å². The number of esters is 1. The van der Waals surface area contributed by atoms with E-state index in [1.807, 2.05) is 13.8 Å². The van der Waals surface area contributed by atoms with Crippen molar-refractivity contribution in [2.75, 3.05) is 12.3 Å². The maximum Gasteiger partial charge on any atom is 0.328 e. The second-order valence-electron chi connectivity index (χ2n) is 4.71. The molecule has 1 amide bonds. The number of carbonyl (C=O) groups excluding carboxylic acids is 2. The lowest BCUT2D eigenvalue weighted by Crippen LogP contribution is -2.38. The number of anilines is 1. The van der Waals surface area contributed by atoms with Crippen LogP contribution in [0.3, 0.4) is 0 Å². The van der Waals surface area contributed by atoms with E-state index in [4.69, 9.17) is 10.5 Å². The van der Waals surface area contributed by atoms with Crippen LogP contribution in [0, 0.1) is 5.92 Å². The number of nitrogen functional groups attached to an aromatic ring is 1. The molecule has 1 unspecified atom stereocenters. The van der Waals surface area contributed by atoms with Gasteiger partial charge in [-0.05, 0) is 18.9 Å². The monoisotopic (exact) mass is 268 g/mol. The predicted molar refractivity (Wildman–Crippen MR) is 70.0 cm³/mol. The van der Waals surface area contributed by atoms with Crippen LogP contribution in [-0.2, 0) is 20.9 Å². The molecular formula is C12H20N4O3. The topological polar surface area (TPSA) is 99.2 Å². The number of hydrogen-bond acceptors (Lipinski definition) is 5. The molecule has 1 atom stereocenters. The van der Waals surface area contributed by atoms with Crippen LogP contribution in [0.4, 0.5) is 5.82 Å². The second-order valence-corrected chi connectivity index (χ2v) is 4.71. The maximum absolute atomic E-state index is 11.6. The fourth-order valence-electron chi connectivity index (χ4n) is 1.33. The van der Waals surface area contributed by atoms with Gasteiger partial charge in [0.15, 0.2) is 6.10 Å². The quantitative estimate of drug-likeness (QED) is 0.716. The van der Waals surface area contributed by atoms with Gasteiger partial charge < -0.3 is 15.8 Å². The van der Waals surface area contributed by atoms with Crippen LogP contribution in [0.5, 0.6) is 0 Å². The van der Waals surface area contributed by atoms with E-state index in [0.717, 1.165) is 0 Å². The molecule has 106 valence electrons. The molecule has 0 aliphatic carbocycles. The summed E-state index contributed by atoms with van der Waals surface area (Å²) in [5.41, 5.74) is 5.42. The Hall–Kier alpha value is -2.05. The molecule has 0 aromatic carbocycles. The second kappa shape index (κ2) is 6.77. The molecule has 1 rings (SSSR count). The highest BCUT2D eigenvalue weighted by Crippen LogP contribution is 1.99. The summed E-state index contributed by atoms with van der Waals surface area (Å²) in [5, 5.41) is 6.55. The van der Waals surface area contributed by atoms with Crippen LogP contribution in [-0.4, -0.2) is 34.3 Å². The summed E-state index contributed by atoms with van der Waals surface area (Å²) in [6, 6.07) is 1.58. The Labute approximate surface area is 112 Å². The van der Waals surface area contributed by atoms with Crippen LogP contribution in [0.1, 0.15) is 20.8 Å². The summed E-state index contributed by atoms with van der Waals surface area (Å²) in [5.74, 6) is -0.160. The number of nitrogens with one attached hydrogen (secondary N) is 1. The fourth-order valence-corrected chi connectivity index (χ4v) is 1.33. The van der Waals surface area contributed by atoms with Gasteiger partial charge in [0, 0.05) is 12.7 Å². The normalized spacial score (nSPS) is 12.2. The first-order valence-electron chi connectivity index (χ1n) is 6.14. The number of rotatable bonds is 6. The third kappa shape index (κ3) is 5.41. The summed E-state index contributed by atoms with van der Waals surface area (Å²) >= 11 is 0. The van der Waals surface area contributed by atoms with E-state index in [1.54, 1.807) is 12.3 Å². The molecule has 0 aliphatic rings. The van der Waals surface area contributed by atoms with Gasteiger partial charge in [0.1, 0.15) is 12.4 Å². The Morgan fingerprint density at radius 2 is 2.16 bits per heavy atom. The van der Waals surface area contributed by atoms with E-state index < -0.39 is 12.1 Å². The lowest BCUT2D eigenvalue weighted by Gasteiger charge is -2.14. The van der Waals surface area contributed by atoms with Gasteiger partial charge in [-0.1, -0.05) is 13.8 Å². The van der Waals surface area contributed by atoms with Crippen molar-refractivity contribution in [2.45, 2.75) is 33.4 Å². The van der Waals surface area contributed by atoms with Crippen LogP contribution >= 0.6 is 0 Å². The smallest absolute Gasteiger partial charge is 0.328 e. The molecule has 0 spiro atoms. The molecule has 1 aromatic heterocycles. The predicted octanol–water partition coefficient (Wildman–Crippen LogP) is 0.169. The molecule has 0 bridgehead atoms. The zero-order chi connectivity index (χ0) is 14.4. The largest absolute Gasteiger partial charge is 0.451 e. The zero-order valence-corrected chi connectivity index (χ0v) is 11.4.